The highest BCUT2D eigenvalue weighted by Gasteiger charge is 2.21. The number of piperazine rings is 1. The van der Waals surface area contributed by atoms with E-state index in [1.807, 2.05) is 0 Å². The largest absolute Gasteiger partial charge is 0.330 e. The quantitative estimate of drug-likeness (QED) is 0.690. The van der Waals surface area contributed by atoms with E-state index in [0.29, 0.717) is 0 Å². The van der Waals surface area contributed by atoms with Crippen LogP contribution in [0.4, 0.5) is 0 Å². The second kappa shape index (κ2) is 9.78. The number of piperidine rings is 1. The summed E-state index contributed by atoms with van der Waals surface area (Å²) in [5, 5.41) is 0. The Morgan fingerprint density at radius 1 is 0.857 bits per heavy atom. The third kappa shape index (κ3) is 6.23. The van der Waals surface area contributed by atoms with E-state index in [2.05, 4.69) is 21.7 Å². The van der Waals surface area contributed by atoms with Gasteiger partial charge in [0.05, 0.1) is 0 Å². The first-order valence-corrected chi connectivity index (χ1v) is 9.14. The highest BCUT2D eigenvalue weighted by molar-refractivity contribution is 4.78. The van der Waals surface area contributed by atoms with Gasteiger partial charge in [0, 0.05) is 32.2 Å². The van der Waals surface area contributed by atoms with Gasteiger partial charge in [0.25, 0.3) is 0 Å². The van der Waals surface area contributed by atoms with Crippen LogP contribution in [0.3, 0.4) is 0 Å². The summed E-state index contributed by atoms with van der Waals surface area (Å²) in [6.07, 6.45) is 9.43. The van der Waals surface area contributed by atoms with E-state index < -0.39 is 0 Å². The lowest BCUT2D eigenvalue weighted by Gasteiger charge is -2.37. The smallest absolute Gasteiger partial charge is 0.0110 e. The Hall–Kier alpha value is -0.160. The van der Waals surface area contributed by atoms with Crippen molar-refractivity contribution in [3.05, 3.63) is 0 Å². The van der Waals surface area contributed by atoms with E-state index in [1.165, 1.54) is 90.8 Å². The van der Waals surface area contributed by atoms with Gasteiger partial charge in [-0.1, -0.05) is 12.8 Å². The number of nitrogens with two attached hydrogens (primary N) is 1. The maximum Gasteiger partial charge on any atom is 0.0110 e. The highest BCUT2D eigenvalue weighted by atomic mass is 15.3. The number of rotatable bonds is 8. The zero-order valence-electron chi connectivity index (χ0n) is 14.1. The molecule has 0 saturated carbocycles. The van der Waals surface area contributed by atoms with E-state index in [1.54, 1.807) is 0 Å². The molecule has 0 aromatic heterocycles. The fourth-order valence-electron chi connectivity index (χ4n) is 3.73. The summed E-state index contributed by atoms with van der Waals surface area (Å²) in [4.78, 5) is 7.90. The fourth-order valence-corrected chi connectivity index (χ4v) is 3.73. The van der Waals surface area contributed by atoms with Crippen molar-refractivity contribution >= 4 is 0 Å². The van der Waals surface area contributed by atoms with Crippen molar-refractivity contribution in [2.45, 2.75) is 51.0 Å². The molecule has 21 heavy (non-hydrogen) atoms. The van der Waals surface area contributed by atoms with Crippen molar-refractivity contribution in [1.82, 2.24) is 14.7 Å². The molecule has 0 aliphatic carbocycles. The van der Waals surface area contributed by atoms with Crippen molar-refractivity contribution in [1.29, 1.82) is 0 Å². The second-order valence-corrected chi connectivity index (χ2v) is 6.95. The van der Waals surface area contributed by atoms with Crippen LogP contribution >= 0.6 is 0 Å². The molecule has 2 saturated heterocycles. The van der Waals surface area contributed by atoms with Gasteiger partial charge in [0.2, 0.25) is 0 Å². The monoisotopic (exact) mass is 296 g/mol. The van der Waals surface area contributed by atoms with Gasteiger partial charge in [0.15, 0.2) is 0 Å². The Balaban J connectivity index is 1.54. The summed E-state index contributed by atoms with van der Waals surface area (Å²) in [7, 11) is 2.31. The lowest BCUT2D eigenvalue weighted by atomic mass is 10.00. The third-order valence-electron chi connectivity index (χ3n) is 5.34. The molecule has 0 aromatic rings. The van der Waals surface area contributed by atoms with Crippen molar-refractivity contribution in [2.75, 3.05) is 59.4 Å². The standard InChI is InChI=1S/C17H36N4/c1-19-10-6-3-7-17(19)8-12-21-15-13-20(14-16-21)11-5-2-4-9-18/h17H,2-16,18H2,1H3. The van der Waals surface area contributed by atoms with Gasteiger partial charge in [-0.15, -0.1) is 0 Å². The summed E-state index contributed by atoms with van der Waals surface area (Å²) >= 11 is 0. The maximum atomic E-state index is 5.55. The average Bonchev–Trinajstić information content (AvgIpc) is 2.52. The first kappa shape index (κ1) is 17.2. The van der Waals surface area contributed by atoms with E-state index in [4.69, 9.17) is 5.73 Å². The molecule has 2 heterocycles. The van der Waals surface area contributed by atoms with E-state index in [0.717, 1.165) is 12.6 Å². The molecule has 0 spiro atoms. The van der Waals surface area contributed by atoms with Crippen LogP contribution in [-0.4, -0.2) is 80.1 Å². The van der Waals surface area contributed by atoms with Crippen LogP contribution in [0.5, 0.6) is 0 Å². The topological polar surface area (TPSA) is 35.7 Å². The predicted octanol–water partition coefficient (Wildman–Crippen LogP) is 1.61. The normalized spacial score (nSPS) is 26.3. The molecule has 4 heteroatoms. The van der Waals surface area contributed by atoms with E-state index in [-0.39, 0.29) is 0 Å². The molecule has 0 bridgehead atoms. The molecule has 1 atom stereocenters. The van der Waals surface area contributed by atoms with Crippen LogP contribution in [0, 0.1) is 0 Å². The zero-order valence-corrected chi connectivity index (χ0v) is 14.1. The van der Waals surface area contributed by atoms with Crippen LogP contribution in [0.15, 0.2) is 0 Å². The van der Waals surface area contributed by atoms with Crippen molar-refractivity contribution in [2.24, 2.45) is 5.73 Å². The predicted molar refractivity (Wildman–Crippen MR) is 90.7 cm³/mol. The maximum absolute atomic E-state index is 5.55. The van der Waals surface area contributed by atoms with Crippen LogP contribution in [0.1, 0.15) is 44.9 Å². The van der Waals surface area contributed by atoms with E-state index >= 15 is 0 Å². The molecule has 4 nitrogen and oxygen atoms in total. The van der Waals surface area contributed by atoms with Gasteiger partial charge in [-0.25, -0.2) is 0 Å². The molecular weight excluding hydrogens is 260 g/mol. The van der Waals surface area contributed by atoms with Gasteiger partial charge in [-0.05, 0) is 65.3 Å². The van der Waals surface area contributed by atoms with Crippen LogP contribution in [0.2, 0.25) is 0 Å². The summed E-state index contributed by atoms with van der Waals surface area (Å²) in [6.45, 7) is 9.81. The molecule has 124 valence electrons. The third-order valence-corrected chi connectivity index (χ3v) is 5.34. The molecule has 2 fully saturated rings. The molecule has 1 unspecified atom stereocenters. The number of unbranched alkanes of at least 4 members (excludes halogenated alkanes) is 2. The van der Waals surface area contributed by atoms with Gasteiger partial charge in [-0.2, -0.15) is 0 Å². The SMILES string of the molecule is CN1CCCCC1CCN1CCN(CCCCCN)CC1. The summed E-state index contributed by atoms with van der Waals surface area (Å²) in [5.41, 5.74) is 5.55. The van der Waals surface area contributed by atoms with Crippen molar-refractivity contribution in [3.63, 3.8) is 0 Å². The molecular formula is C17H36N4. The number of likely N-dealkylation sites (tertiary alicyclic amines) is 1. The minimum Gasteiger partial charge on any atom is -0.330 e. The highest BCUT2D eigenvalue weighted by Crippen LogP contribution is 2.18. The first-order chi connectivity index (χ1) is 10.3. The Morgan fingerprint density at radius 3 is 2.24 bits per heavy atom. The Bertz CT molecular complexity index is 264. The molecule has 2 rings (SSSR count). The van der Waals surface area contributed by atoms with Gasteiger partial charge >= 0.3 is 0 Å². The van der Waals surface area contributed by atoms with Crippen LogP contribution in [0.25, 0.3) is 0 Å². The van der Waals surface area contributed by atoms with Crippen LogP contribution in [-0.2, 0) is 0 Å². The van der Waals surface area contributed by atoms with E-state index in [9.17, 15) is 0 Å². The van der Waals surface area contributed by atoms with Crippen molar-refractivity contribution in [3.8, 4) is 0 Å². The molecule has 0 radical (unpaired) electrons. The van der Waals surface area contributed by atoms with Gasteiger partial charge in [-0.3, -0.25) is 0 Å². The minimum atomic E-state index is 0.841. The first-order valence-electron chi connectivity index (χ1n) is 9.14. The number of nitrogens with zero attached hydrogens (tertiary/aromatic N) is 3. The molecule has 0 aromatic carbocycles. The lowest BCUT2D eigenvalue weighted by molar-refractivity contribution is 0.109. The molecule has 0 amide bonds. The summed E-state index contributed by atoms with van der Waals surface area (Å²) in [6, 6.07) is 0.841. The average molecular weight is 297 g/mol. The zero-order chi connectivity index (χ0) is 14.9. The molecule has 2 aliphatic heterocycles. The van der Waals surface area contributed by atoms with Gasteiger partial charge < -0.3 is 20.4 Å². The minimum absolute atomic E-state index is 0.841. The number of hydrogen-bond acceptors (Lipinski definition) is 4. The lowest BCUT2D eigenvalue weighted by Crippen LogP contribution is -2.48. The molecule has 2 aliphatic rings. The van der Waals surface area contributed by atoms with Gasteiger partial charge in [0.1, 0.15) is 0 Å². The molecule has 2 N–H and O–H groups in total. The van der Waals surface area contributed by atoms with Crippen LogP contribution < -0.4 is 5.73 Å². The summed E-state index contributed by atoms with van der Waals surface area (Å²) in [5.74, 6) is 0. The fraction of sp³-hybridized carbons (Fsp3) is 1.00. The number of hydrogen-bond donors (Lipinski definition) is 1. The Kier molecular flexibility index (Phi) is 8.01. The Morgan fingerprint density at radius 2 is 1.57 bits per heavy atom. The second-order valence-electron chi connectivity index (χ2n) is 6.95. The van der Waals surface area contributed by atoms with Crippen molar-refractivity contribution < 1.29 is 0 Å². The summed E-state index contributed by atoms with van der Waals surface area (Å²) < 4.78 is 0. The Labute approximate surface area is 131 Å².